The first-order valence-corrected chi connectivity index (χ1v) is 10.6. The van der Waals surface area contributed by atoms with Crippen LogP contribution in [0.1, 0.15) is 53.4 Å². The summed E-state index contributed by atoms with van der Waals surface area (Å²) in [4.78, 5) is 5.43. The topological polar surface area (TPSA) is 6.48 Å². The van der Waals surface area contributed by atoms with Crippen LogP contribution in [0.15, 0.2) is 24.4 Å². The van der Waals surface area contributed by atoms with Crippen molar-refractivity contribution in [3.8, 4) is 0 Å². The summed E-state index contributed by atoms with van der Waals surface area (Å²) in [6, 6.07) is 1.31. The summed E-state index contributed by atoms with van der Waals surface area (Å²) in [5.41, 5.74) is 0. The zero-order valence-corrected chi connectivity index (χ0v) is 16.4. The third-order valence-corrected chi connectivity index (χ3v) is 5.63. The molecule has 0 aliphatic rings. The van der Waals surface area contributed by atoms with E-state index in [1.165, 1.54) is 63.1 Å². The first-order valence-electron chi connectivity index (χ1n) is 8.92. The lowest BCUT2D eigenvalue weighted by molar-refractivity contribution is 0.0543. The standard InChI is InChI=1S/C18H38N2Si/c1-7-12-19(13-8-2)18(16-21-17(6)11-5)20(14-9-3)15-10-4/h11,18H,5-10,12-16,21H2,1-4H3. The molecule has 0 N–H and O–H groups in total. The molecule has 0 heterocycles. The van der Waals surface area contributed by atoms with Gasteiger partial charge in [0.2, 0.25) is 0 Å². The van der Waals surface area contributed by atoms with Crippen LogP contribution in [0.25, 0.3) is 0 Å². The average Bonchev–Trinajstić information content (AvgIpc) is 2.47. The second-order valence-corrected chi connectivity index (χ2v) is 7.94. The van der Waals surface area contributed by atoms with E-state index >= 15 is 0 Å². The minimum atomic E-state index is -0.261. The van der Waals surface area contributed by atoms with Crippen LogP contribution in [0, 0.1) is 0 Å². The van der Waals surface area contributed by atoms with E-state index in [4.69, 9.17) is 0 Å². The summed E-state index contributed by atoms with van der Waals surface area (Å²) < 4.78 is 0. The molecule has 3 heteroatoms. The minimum absolute atomic E-state index is 0.261. The smallest absolute Gasteiger partial charge is 0.0596 e. The predicted octanol–water partition coefficient (Wildman–Crippen LogP) is 3.84. The van der Waals surface area contributed by atoms with Crippen molar-refractivity contribution in [2.75, 3.05) is 26.2 Å². The number of hydrogen-bond acceptors (Lipinski definition) is 2. The third-order valence-electron chi connectivity index (χ3n) is 3.90. The van der Waals surface area contributed by atoms with Crippen molar-refractivity contribution < 1.29 is 0 Å². The first-order chi connectivity index (χ1) is 10.1. The second kappa shape index (κ2) is 13.3. The number of rotatable bonds is 14. The van der Waals surface area contributed by atoms with Crippen molar-refractivity contribution in [1.82, 2.24) is 9.80 Å². The van der Waals surface area contributed by atoms with Crippen molar-refractivity contribution in [3.05, 3.63) is 24.4 Å². The quantitative estimate of drug-likeness (QED) is 0.273. The van der Waals surface area contributed by atoms with Gasteiger partial charge in [0.05, 0.1) is 15.7 Å². The summed E-state index contributed by atoms with van der Waals surface area (Å²) >= 11 is 0. The molecule has 21 heavy (non-hydrogen) atoms. The molecule has 0 aliphatic heterocycles. The molecule has 0 aliphatic carbocycles. The molecule has 0 aromatic heterocycles. The largest absolute Gasteiger partial charge is 0.288 e. The van der Waals surface area contributed by atoms with E-state index in [-0.39, 0.29) is 9.52 Å². The summed E-state index contributed by atoms with van der Waals surface area (Å²) in [6.45, 7) is 22.1. The molecule has 0 saturated carbocycles. The van der Waals surface area contributed by atoms with E-state index in [2.05, 4.69) is 50.7 Å². The van der Waals surface area contributed by atoms with Gasteiger partial charge in [0, 0.05) is 0 Å². The fourth-order valence-electron chi connectivity index (χ4n) is 2.98. The lowest BCUT2D eigenvalue weighted by Crippen LogP contribution is -2.50. The molecule has 0 radical (unpaired) electrons. The van der Waals surface area contributed by atoms with Gasteiger partial charge in [-0.3, -0.25) is 9.80 Å². The van der Waals surface area contributed by atoms with Gasteiger partial charge < -0.3 is 0 Å². The van der Waals surface area contributed by atoms with Crippen LogP contribution in [-0.2, 0) is 0 Å². The number of allylic oxidation sites excluding steroid dienone is 2. The van der Waals surface area contributed by atoms with Crippen LogP contribution in [0.4, 0.5) is 0 Å². The van der Waals surface area contributed by atoms with Gasteiger partial charge >= 0.3 is 0 Å². The van der Waals surface area contributed by atoms with E-state index < -0.39 is 0 Å². The van der Waals surface area contributed by atoms with Crippen LogP contribution < -0.4 is 0 Å². The third kappa shape index (κ3) is 8.59. The van der Waals surface area contributed by atoms with Crippen LogP contribution in [0.5, 0.6) is 0 Å². The van der Waals surface area contributed by atoms with Gasteiger partial charge in [-0.15, -0.1) is 6.58 Å². The van der Waals surface area contributed by atoms with Gasteiger partial charge in [-0.25, -0.2) is 0 Å². The Morgan fingerprint density at radius 1 is 0.905 bits per heavy atom. The molecule has 0 aromatic carbocycles. The van der Waals surface area contributed by atoms with Gasteiger partial charge in [-0.2, -0.15) is 0 Å². The molecule has 0 aromatic rings. The molecule has 0 amide bonds. The first kappa shape index (κ1) is 20.6. The molecule has 0 fully saturated rings. The highest BCUT2D eigenvalue weighted by Gasteiger charge is 2.23. The van der Waals surface area contributed by atoms with Gasteiger partial charge in [-0.05, 0) is 57.9 Å². The van der Waals surface area contributed by atoms with E-state index in [9.17, 15) is 0 Å². The van der Waals surface area contributed by atoms with Crippen molar-refractivity contribution in [1.29, 1.82) is 0 Å². The summed E-state index contributed by atoms with van der Waals surface area (Å²) in [5.74, 6) is 0. The van der Waals surface area contributed by atoms with Crippen LogP contribution in [0.2, 0.25) is 6.04 Å². The van der Waals surface area contributed by atoms with Gasteiger partial charge in [0.25, 0.3) is 0 Å². The second-order valence-electron chi connectivity index (χ2n) is 5.95. The Kier molecular flexibility index (Phi) is 13.0. The highest BCUT2D eigenvalue weighted by atomic mass is 28.2. The molecule has 0 atom stereocenters. The highest BCUT2D eigenvalue weighted by molar-refractivity contribution is 6.46. The SMILES string of the molecule is C=CC(=C)[SiH2]CC(N(CCC)CCC)N(CCC)CCC. The van der Waals surface area contributed by atoms with Crippen molar-refractivity contribution in [2.45, 2.75) is 65.6 Å². The molecule has 0 saturated heterocycles. The Labute approximate surface area is 136 Å². The molecular weight excluding hydrogens is 272 g/mol. The average molecular weight is 311 g/mol. The molecule has 0 rings (SSSR count). The van der Waals surface area contributed by atoms with E-state index in [0.717, 1.165) is 0 Å². The zero-order chi connectivity index (χ0) is 16.1. The summed E-state index contributed by atoms with van der Waals surface area (Å²) in [7, 11) is -0.261. The maximum Gasteiger partial charge on any atom is 0.0596 e. The molecule has 0 bridgehead atoms. The zero-order valence-electron chi connectivity index (χ0n) is 15.0. The summed E-state index contributed by atoms with van der Waals surface area (Å²) in [5, 5.41) is 1.31. The molecule has 124 valence electrons. The van der Waals surface area contributed by atoms with E-state index in [0.29, 0.717) is 6.17 Å². The van der Waals surface area contributed by atoms with Gasteiger partial charge in [0.15, 0.2) is 0 Å². The predicted molar refractivity (Wildman–Crippen MR) is 101 cm³/mol. The Morgan fingerprint density at radius 3 is 1.57 bits per heavy atom. The normalized spacial score (nSPS) is 12.1. The van der Waals surface area contributed by atoms with Crippen LogP contribution in [-0.4, -0.2) is 51.7 Å². The fraction of sp³-hybridized carbons (Fsp3) is 0.778. The van der Waals surface area contributed by atoms with Gasteiger partial charge in [-0.1, -0.05) is 45.5 Å². The van der Waals surface area contributed by atoms with Crippen molar-refractivity contribution >= 4 is 9.52 Å². The highest BCUT2D eigenvalue weighted by Crippen LogP contribution is 2.15. The molecule has 0 spiro atoms. The Bertz CT molecular complexity index is 250. The lowest BCUT2D eigenvalue weighted by atomic mass is 10.2. The van der Waals surface area contributed by atoms with E-state index in [1.807, 2.05) is 6.08 Å². The van der Waals surface area contributed by atoms with Crippen LogP contribution >= 0.6 is 0 Å². The minimum Gasteiger partial charge on any atom is -0.288 e. The molecule has 0 unspecified atom stereocenters. The Hall–Kier alpha value is -0.383. The Morgan fingerprint density at radius 2 is 1.29 bits per heavy atom. The van der Waals surface area contributed by atoms with E-state index in [1.54, 1.807) is 0 Å². The Balaban J connectivity index is 4.97. The maximum absolute atomic E-state index is 4.15. The van der Waals surface area contributed by atoms with Crippen LogP contribution in [0.3, 0.4) is 0 Å². The van der Waals surface area contributed by atoms with Gasteiger partial charge in [0.1, 0.15) is 0 Å². The molecular formula is C18H38N2Si. The summed E-state index contributed by atoms with van der Waals surface area (Å²) in [6.07, 6.45) is 7.56. The fourth-order valence-corrected chi connectivity index (χ4v) is 4.54. The molecule has 2 nitrogen and oxygen atoms in total. The maximum atomic E-state index is 4.15. The number of hydrogen-bond donors (Lipinski definition) is 0. The number of nitrogens with zero attached hydrogens (tertiary/aromatic N) is 2. The lowest BCUT2D eigenvalue weighted by Gasteiger charge is -2.40. The van der Waals surface area contributed by atoms with Crippen molar-refractivity contribution in [2.24, 2.45) is 0 Å². The van der Waals surface area contributed by atoms with Crippen molar-refractivity contribution in [3.63, 3.8) is 0 Å². The monoisotopic (exact) mass is 310 g/mol.